The lowest BCUT2D eigenvalue weighted by atomic mass is 10.2. The highest BCUT2D eigenvalue weighted by Crippen LogP contribution is 2.29. The number of aromatic nitrogens is 1. The van der Waals surface area contributed by atoms with E-state index in [1.807, 2.05) is 0 Å². The molecule has 0 aliphatic carbocycles. The summed E-state index contributed by atoms with van der Waals surface area (Å²) in [6, 6.07) is 4.47. The first kappa shape index (κ1) is 8.42. The molecule has 0 unspecified atom stereocenters. The van der Waals surface area contributed by atoms with Crippen molar-refractivity contribution in [2.45, 2.75) is 20.8 Å². The highest BCUT2D eigenvalue weighted by molar-refractivity contribution is 5.86. The van der Waals surface area contributed by atoms with Crippen molar-refractivity contribution >= 4 is 16.7 Å². The van der Waals surface area contributed by atoms with Crippen LogP contribution in [0.4, 0.5) is 5.69 Å². The molecule has 2 nitrogen and oxygen atoms in total. The van der Waals surface area contributed by atoms with E-state index < -0.39 is 0 Å². The SMILES string of the molecule is CCN(CC)c1cc2[nH]c1cc2C. The highest BCUT2D eigenvalue weighted by atomic mass is 15.1. The van der Waals surface area contributed by atoms with Gasteiger partial charge in [0.25, 0.3) is 0 Å². The summed E-state index contributed by atoms with van der Waals surface area (Å²) in [6.07, 6.45) is 0. The van der Waals surface area contributed by atoms with Crippen molar-refractivity contribution in [3.8, 4) is 0 Å². The lowest BCUT2D eigenvalue weighted by Crippen LogP contribution is -2.21. The van der Waals surface area contributed by atoms with Crippen molar-refractivity contribution in [3.63, 3.8) is 0 Å². The Bertz CT molecular complexity index is 385. The second-order valence-corrected chi connectivity index (χ2v) is 3.48. The van der Waals surface area contributed by atoms with E-state index in [0.29, 0.717) is 0 Å². The summed E-state index contributed by atoms with van der Waals surface area (Å²) in [4.78, 5) is 5.76. The first-order valence-electron chi connectivity index (χ1n) is 4.92. The lowest BCUT2D eigenvalue weighted by Gasteiger charge is -2.19. The Morgan fingerprint density at radius 2 is 1.85 bits per heavy atom. The van der Waals surface area contributed by atoms with Crippen LogP contribution in [-0.2, 0) is 0 Å². The molecule has 0 amide bonds. The van der Waals surface area contributed by atoms with E-state index in [2.05, 4.69) is 42.8 Å². The van der Waals surface area contributed by atoms with Gasteiger partial charge in [-0.05, 0) is 38.5 Å². The fourth-order valence-corrected chi connectivity index (χ4v) is 1.90. The summed E-state index contributed by atoms with van der Waals surface area (Å²) in [5.74, 6) is 0. The Kier molecular flexibility index (Phi) is 1.91. The van der Waals surface area contributed by atoms with Crippen LogP contribution in [0.25, 0.3) is 11.0 Å². The maximum atomic E-state index is 3.38. The first-order valence-corrected chi connectivity index (χ1v) is 4.92. The normalized spacial score (nSPS) is 11.3. The van der Waals surface area contributed by atoms with Crippen LogP contribution in [0, 0.1) is 6.92 Å². The number of nitrogens with one attached hydrogen (secondary N) is 1. The van der Waals surface area contributed by atoms with Gasteiger partial charge in [-0.15, -0.1) is 0 Å². The summed E-state index contributed by atoms with van der Waals surface area (Å²) in [5.41, 5.74) is 5.25. The monoisotopic (exact) mass is 176 g/mol. The molecule has 0 saturated heterocycles. The largest absolute Gasteiger partial charge is 0.370 e. The van der Waals surface area contributed by atoms with Crippen molar-refractivity contribution in [2.75, 3.05) is 18.0 Å². The van der Waals surface area contributed by atoms with E-state index in [4.69, 9.17) is 0 Å². The standard InChI is InChI=1S/C11H16N2/c1-4-13(5-2)11-7-9-8(3)6-10(11)12-9/h6-7,12H,4-5H2,1-3H3. The molecule has 0 atom stereocenters. The van der Waals surface area contributed by atoms with Gasteiger partial charge in [0.15, 0.2) is 0 Å². The number of anilines is 1. The number of nitrogens with zero attached hydrogens (tertiary/aromatic N) is 1. The molecular formula is C11H16N2. The average molecular weight is 176 g/mol. The molecule has 0 fully saturated rings. The maximum Gasteiger partial charge on any atom is 0.0626 e. The Hall–Kier alpha value is -1.18. The number of aryl methyl sites for hydroxylation is 1. The zero-order chi connectivity index (χ0) is 9.42. The summed E-state index contributed by atoms with van der Waals surface area (Å²) >= 11 is 0. The summed E-state index contributed by atoms with van der Waals surface area (Å²) < 4.78 is 0. The molecule has 2 heteroatoms. The fraction of sp³-hybridized carbons (Fsp3) is 0.455. The van der Waals surface area contributed by atoms with Gasteiger partial charge in [0.05, 0.1) is 11.2 Å². The minimum absolute atomic E-state index is 1.08. The Labute approximate surface area is 78.9 Å². The average Bonchev–Trinajstić information content (AvgIpc) is 2.65. The molecule has 0 aliphatic rings. The summed E-state index contributed by atoms with van der Waals surface area (Å²) in [5, 5.41) is 0. The van der Waals surface area contributed by atoms with Crippen LogP contribution in [0.5, 0.6) is 0 Å². The van der Waals surface area contributed by atoms with Gasteiger partial charge < -0.3 is 9.88 Å². The zero-order valence-electron chi connectivity index (χ0n) is 8.52. The van der Waals surface area contributed by atoms with Gasteiger partial charge in [0.1, 0.15) is 0 Å². The molecule has 0 radical (unpaired) electrons. The minimum Gasteiger partial charge on any atom is -0.370 e. The third-order valence-corrected chi connectivity index (χ3v) is 2.72. The molecule has 0 spiro atoms. The van der Waals surface area contributed by atoms with Gasteiger partial charge in [-0.2, -0.15) is 0 Å². The quantitative estimate of drug-likeness (QED) is 0.762. The van der Waals surface area contributed by atoms with Crippen LogP contribution >= 0.6 is 0 Å². The lowest BCUT2D eigenvalue weighted by molar-refractivity contribution is 0.871. The second-order valence-electron chi connectivity index (χ2n) is 3.48. The van der Waals surface area contributed by atoms with Crippen LogP contribution in [0.1, 0.15) is 19.4 Å². The third-order valence-electron chi connectivity index (χ3n) is 2.72. The molecule has 0 saturated carbocycles. The molecule has 0 aromatic carbocycles. The van der Waals surface area contributed by atoms with Crippen molar-refractivity contribution < 1.29 is 0 Å². The number of H-pyrrole nitrogens is 1. The molecule has 1 N–H and O–H groups in total. The van der Waals surface area contributed by atoms with Gasteiger partial charge in [-0.3, -0.25) is 0 Å². The molecule has 2 bridgehead atoms. The van der Waals surface area contributed by atoms with E-state index in [0.717, 1.165) is 13.1 Å². The molecule has 2 rings (SSSR count). The minimum atomic E-state index is 1.08. The summed E-state index contributed by atoms with van der Waals surface area (Å²) in [7, 11) is 0. The van der Waals surface area contributed by atoms with Gasteiger partial charge in [0, 0.05) is 18.6 Å². The number of aromatic amines is 1. The van der Waals surface area contributed by atoms with Crippen LogP contribution in [0.3, 0.4) is 0 Å². The van der Waals surface area contributed by atoms with E-state index >= 15 is 0 Å². The Balaban J connectivity index is 2.42. The summed E-state index contributed by atoms with van der Waals surface area (Å²) in [6.45, 7) is 8.68. The molecular weight excluding hydrogens is 160 g/mol. The molecule has 70 valence electrons. The van der Waals surface area contributed by atoms with E-state index in [9.17, 15) is 0 Å². The molecule has 2 heterocycles. The van der Waals surface area contributed by atoms with E-state index in [-0.39, 0.29) is 0 Å². The Morgan fingerprint density at radius 1 is 1.15 bits per heavy atom. The van der Waals surface area contributed by atoms with Gasteiger partial charge in [0.2, 0.25) is 0 Å². The molecule has 2 aromatic heterocycles. The second kappa shape index (κ2) is 2.95. The van der Waals surface area contributed by atoms with Crippen LogP contribution < -0.4 is 4.90 Å². The molecule has 0 aliphatic heterocycles. The highest BCUT2D eigenvalue weighted by Gasteiger charge is 2.11. The fourth-order valence-electron chi connectivity index (χ4n) is 1.90. The van der Waals surface area contributed by atoms with Crippen molar-refractivity contribution in [1.82, 2.24) is 4.98 Å². The van der Waals surface area contributed by atoms with Crippen molar-refractivity contribution in [3.05, 3.63) is 17.7 Å². The van der Waals surface area contributed by atoms with Crippen LogP contribution in [0.15, 0.2) is 12.1 Å². The van der Waals surface area contributed by atoms with Gasteiger partial charge >= 0.3 is 0 Å². The topological polar surface area (TPSA) is 19.0 Å². The third kappa shape index (κ3) is 1.17. The number of fused-ring (bicyclic) bond motifs is 2. The van der Waals surface area contributed by atoms with Gasteiger partial charge in [-0.1, -0.05) is 0 Å². The predicted octanol–water partition coefficient (Wildman–Crippen LogP) is 2.76. The first-order chi connectivity index (χ1) is 6.26. The maximum absolute atomic E-state index is 3.38. The van der Waals surface area contributed by atoms with Crippen molar-refractivity contribution in [2.24, 2.45) is 0 Å². The smallest absolute Gasteiger partial charge is 0.0626 e. The molecule has 13 heavy (non-hydrogen) atoms. The number of benzene rings is 1. The Morgan fingerprint density at radius 3 is 2.23 bits per heavy atom. The van der Waals surface area contributed by atoms with Gasteiger partial charge in [-0.25, -0.2) is 0 Å². The number of rotatable bonds is 3. The van der Waals surface area contributed by atoms with Crippen LogP contribution in [0.2, 0.25) is 0 Å². The number of hydrogen-bond donors (Lipinski definition) is 1. The van der Waals surface area contributed by atoms with E-state index in [1.165, 1.54) is 22.3 Å². The number of hydrogen-bond acceptors (Lipinski definition) is 1. The van der Waals surface area contributed by atoms with Crippen molar-refractivity contribution in [1.29, 1.82) is 0 Å². The van der Waals surface area contributed by atoms with E-state index in [1.54, 1.807) is 0 Å². The predicted molar refractivity (Wildman–Crippen MR) is 57.8 cm³/mol. The molecule has 2 aromatic rings. The zero-order valence-corrected chi connectivity index (χ0v) is 8.52. The van der Waals surface area contributed by atoms with Crippen LogP contribution in [-0.4, -0.2) is 18.1 Å².